The van der Waals surface area contributed by atoms with Crippen molar-refractivity contribution in [1.29, 1.82) is 0 Å². The van der Waals surface area contributed by atoms with Crippen LogP contribution in [0.1, 0.15) is 10.4 Å². The fraction of sp³-hybridized carbons (Fsp3) is 0. The SMILES string of the molecule is O=C(Nc1ccc2nc(Cl)[nH]c2c1)c1ccc(Cl)c(Cl)c1. The van der Waals surface area contributed by atoms with Gasteiger partial charge in [0.05, 0.1) is 21.1 Å². The fourth-order valence-electron chi connectivity index (χ4n) is 1.90. The van der Waals surface area contributed by atoms with Crippen molar-refractivity contribution in [3.63, 3.8) is 0 Å². The number of nitrogens with zero attached hydrogens (tertiary/aromatic N) is 1. The lowest BCUT2D eigenvalue weighted by atomic mass is 10.2. The Morgan fingerprint density at radius 1 is 1.05 bits per heavy atom. The third-order valence-electron chi connectivity index (χ3n) is 2.89. The Morgan fingerprint density at radius 2 is 1.86 bits per heavy atom. The summed E-state index contributed by atoms with van der Waals surface area (Å²) in [4.78, 5) is 19.1. The van der Waals surface area contributed by atoms with E-state index in [2.05, 4.69) is 15.3 Å². The number of aromatic nitrogens is 2. The maximum Gasteiger partial charge on any atom is 0.255 e. The van der Waals surface area contributed by atoms with Gasteiger partial charge in [-0.15, -0.1) is 0 Å². The summed E-state index contributed by atoms with van der Waals surface area (Å²) < 4.78 is 0. The van der Waals surface area contributed by atoms with Gasteiger partial charge in [0.1, 0.15) is 0 Å². The van der Waals surface area contributed by atoms with Gasteiger partial charge in [0.15, 0.2) is 0 Å². The third kappa shape index (κ3) is 2.97. The van der Waals surface area contributed by atoms with E-state index in [-0.39, 0.29) is 5.91 Å². The minimum atomic E-state index is -0.279. The Hall–Kier alpha value is -1.75. The van der Waals surface area contributed by atoms with E-state index in [4.69, 9.17) is 34.8 Å². The highest BCUT2D eigenvalue weighted by molar-refractivity contribution is 6.42. The van der Waals surface area contributed by atoms with E-state index in [0.717, 1.165) is 11.0 Å². The number of aromatic amines is 1. The quantitative estimate of drug-likeness (QED) is 0.705. The Morgan fingerprint density at radius 3 is 2.62 bits per heavy atom. The highest BCUT2D eigenvalue weighted by atomic mass is 35.5. The summed E-state index contributed by atoms with van der Waals surface area (Å²) in [6.45, 7) is 0. The second-order valence-corrected chi connectivity index (χ2v) is 5.51. The molecule has 21 heavy (non-hydrogen) atoms. The van der Waals surface area contributed by atoms with E-state index in [0.29, 0.717) is 26.6 Å². The van der Waals surface area contributed by atoms with Crippen molar-refractivity contribution in [2.45, 2.75) is 0 Å². The molecular formula is C14H8Cl3N3O. The molecule has 0 aliphatic heterocycles. The van der Waals surface area contributed by atoms with Crippen LogP contribution in [0.15, 0.2) is 36.4 Å². The molecule has 106 valence electrons. The number of hydrogen-bond donors (Lipinski definition) is 2. The Kier molecular flexibility index (Phi) is 3.76. The molecule has 3 rings (SSSR count). The molecule has 0 fully saturated rings. The molecule has 0 unspecified atom stereocenters. The first kappa shape index (κ1) is 14.2. The van der Waals surface area contributed by atoms with Crippen LogP contribution in [-0.2, 0) is 0 Å². The maximum absolute atomic E-state index is 12.2. The zero-order valence-corrected chi connectivity index (χ0v) is 12.7. The summed E-state index contributed by atoms with van der Waals surface area (Å²) in [6.07, 6.45) is 0. The molecule has 2 N–H and O–H groups in total. The van der Waals surface area contributed by atoms with Crippen molar-refractivity contribution in [3.8, 4) is 0 Å². The molecule has 0 bridgehead atoms. The van der Waals surface area contributed by atoms with Gasteiger partial charge in [-0.1, -0.05) is 23.2 Å². The predicted molar refractivity (Wildman–Crippen MR) is 85.5 cm³/mol. The van der Waals surface area contributed by atoms with Crippen molar-refractivity contribution in [3.05, 3.63) is 57.3 Å². The molecule has 0 spiro atoms. The normalized spacial score (nSPS) is 10.8. The fourth-order valence-corrected chi connectivity index (χ4v) is 2.39. The number of benzene rings is 2. The molecule has 1 amide bonds. The van der Waals surface area contributed by atoms with Crippen LogP contribution >= 0.6 is 34.8 Å². The van der Waals surface area contributed by atoms with E-state index in [1.165, 1.54) is 6.07 Å². The average molecular weight is 341 g/mol. The lowest BCUT2D eigenvalue weighted by Crippen LogP contribution is -2.11. The summed E-state index contributed by atoms with van der Waals surface area (Å²) in [7, 11) is 0. The number of halogens is 3. The molecule has 2 aromatic carbocycles. The van der Waals surface area contributed by atoms with E-state index in [9.17, 15) is 4.79 Å². The Labute approximate surface area is 135 Å². The molecule has 0 radical (unpaired) electrons. The van der Waals surface area contributed by atoms with Gasteiger partial charge in [-0.25, -0.2) is 4.98 Å². The van der Waals surface area contributed by atoms with Gasteiger partial charge in [0.25, 0.3) is 5.91 Å². The predicted octanol–water partition coefficient (Wildman–Crippen LogP) is 4.78. The molecule has 7 heteroatoms. The van der Waals surface area contributed by atoms with Crippen molar-refractivity contribution < 1.29 is 4.79 Å². The molecular weight excluding hydrogens is 333 g/mol. The third-order valence-corrected chi connectivity index (χ3v) is 3.81. The minimum absolute atomic E-state index is 0.279. The van der Waals surface area contributed by atoms with Crippen LogP contribution in [0.3, 0.4) is 0 Å². The summed E-state index contributed by atoms with van der Waals surface area (Å²) in [5.74, 6) is -0.279. The zero-order valence-electron chi connectivity index (χ0n) is 10.5. The standard InChI is InChI=1S/C14H8Cl3N3O/c15-9-3-1-7(5-10(9)16)13(21)18-8-2-4-11-12(6-8)20-14(17)19-11/h1-6H,(H,18,21)(H,19,20). The smallest absolute Gasteiger partial charge is 0.255 e. The molecule has 0 aliphatic carbocycles. The molecule has 0 atom stereocenters. The van der Waals surface area contributed by atoms with E-state index < -0.39 is 0 Å². The zero-order chi connectivity index (χ0) is 15.0. The number of anilines is 1. The molecule has 4 nitrogen and oxygen atoms in total. The van der Waals surface area contributed by atoms with Crippen molar-refractivity contribution in [1.82, 2.24) is 9.97 Å². The number of amides is 1. The van der Waals surface area contributed by atoms with Crippen LogP contribution < -0.4 is 5.32 Å². The van der Waals surface area contributed by atoms with E-state index in [1.807, 2.05) is 0 Å². The lowest BCUT2D eigenvalue weighted by molar-refractivity contribution is 0.102. The number of H-pyrrole nitrogens is 1. The first-order valence-corrected chi connectivity index (χ1v) is 7.08. The van der Waals surface area contributed by atoms with Crippen LogP contribution in [0.5, 0.6) is 0 Å². The molecule has 3 aromatic rings. The number of fused-ring (bicyclic) bond motifs is 1. The Balaban J connectivity index is 1.86. The van der Waals surface area contributed by atoms with Crippen molar-refractivity contribution in [2.75, 3.05) is 5.32 Å². The number of imidazole rings is 1. The number of carbonyl (C=O) groups excluding carboxylic acids is 1. The average Bonchev–Trinajstić information content (AvgIpc) is 2.81. The van der Waals surface area contributed by atoms with Crippen molar-refractivity contribution in [2.24, 2.45) is 0 Å². The molecule has 0 saturated carbocycles. The number of nitrogens with one attached hydrogen (secondary N) is 2. The monoisotopic (exact) mass is 339 g/mol. The van der Waals surface area contributed by atoms with Gasteiger partial charge < -0.3 is 10.3 Å². The Bertz CT molecular complexity index is 845. The maximum atomic E-state index is 12.2. The van der Waals surface area contributed by atoms with Crippen molar-refractivity contribution >= 4 is 57.4 Å². The van der Waals surface area contributed by atoms with Crippen LogP contribution in [0.4, 0.5) is 5.69 Å². The second-order valence-electron chi connectivity index (χ2n) is 4.34. The van der Waals surface area contributed by atoms with Crippen LogP contribution in [-0.4, -0.2) is 15.9 Å². The lowest BCUT2D eigenvalue weighted by Gasteiger charge is -2.06. The second kappa shape index (κ2) is 5.56. The van der Waals surface area contributed by atoms with E-state index >= 15 is 0 Å². The van der Waals surface area contributed by atoms with E-state index in [1.54, 1.807) is 30.3 Å². The highest BCUT2D eigenvalue weighted by Crippen LogP contribution is 2.24. The highest BCUT2D eigenvalue weighted by Gasteiger charge is 2.09. The van der Waals surface area contributed by atoms with Gasteiger partial charge in [-0.2, -0.15) is 0 Å². The van der Waals surface area contributed by atoms with Crippen LogP contribution in [0, 0.1) is 0 Å². The first-order valence-electron chi connectivity index (χ1n) is 5.94. The van der Waals surface area contributed by atoms with Crippen LogP contribution in [0.2, 0.25) is 15.3 Å². The number of carbonyl (C=O) groups is 1. The van der Waals surface area contributed by atoms with Gasteiger partial charge in [-0.3, -0.25) is 4.79 Å². The van der Waals surface area contributed by atoms with Gasteiger partial charge in [-0.05, 0) is 48.0 Å². The number of rotatable bonds is 2. The molecule has 0 saturated heterocycles. The van der Waals surface area contributed by atoms with Gasteiger partial charge in [0, 0.05) is 11.3 Å². The molecule has 1 aromatic heterocycles. The topological polar surface area (TPSA) is 57.8 Å². The van der Waals surface area contributed by atoms with Crippen LogP contribution in [0.25, 0.3) is 11.0 Å². The molecule has 0 aliphatic rings. The summed E-state index contributed by atoms with van der Waals surface area (Å²) in [5.41, 5.74) is 2.52. The largest absolute Gasteiger partial charge is 0.329 e. The van der Waals surface area contributed by atoms with Gasteiger partial charge in [0.2, 0.25) is 5.28 Å². The van der Waals surface area contributed by atoms with Gasteiger partial charge >= 0.3 is 0 Å². The first-order chi connectivity index (χ1) is 10.0. The summed E-state index contributed by atoms with van der Waals surface area (Å²) in [5, 5.41) is 3.82. The molecule has 1 heterocycles. The summed E-state index contributed by atoms with van der Waals surface area (Å²) >= 11 is 17.5. The number of hydrogen-bond acceptors (Lipinski definition) is 2. The minimum Gasteiger partial charge on any atom is -0.329 e. The summed E-state index contributed by atoms with van der Waals surface area (Å²) in [6, 6.07) is 9.97.